The Morgan fingerprint density at radius 1 is 1.27 bits per heavy atom. The van der Waals surface area contributed by atoms with E-state index in [4.69, 9.17) is 0 Å². The summed E-state index contributed by atoms with van der Waals surface area (Å²) in [5.74, 6) is 1.92. The van der Waals surface area contributed by atoms with E-state index in [1.807, 2.05) is 0 Å². The topological polar surface area (TPSA) is 41.4 Å². The van der Waals surface area contributed by atoms with E-state index in [2.05, 4.69) is 19.9 Å². The van der Waals surface area contributed by atoms with Crippen molar-refractivity contribution in [3.8, 4) is 0 Å². The predicted molar refractivity (Wildman–Crippen MR) is 40.8 cm³/mol. The highest BCUT2D eigenvalue weighted by atomic mass is 15.3. The zero-order valence-electron chi connectivity index (χ0n) is 5.86. The third kappa shape index (κ3) is 0.520. The number of amidine groups is 1. The Kier molecular flexibility index (Phi) is 0.753. The van der Waals surface area contributed by atoms with Crippen LogP contribution < -0.4 is 4.90 Å². The molecule has 0 aliphatic carbocycles. The van der Waals surface area contributed by atoms with E-state index < -0.39 is 0 Å². The SMILES string of the molecule is c1nc2cnc1C1=NCCN12. The quantitative estimate of drug-likeness (QED) is 0.519. The zero-order chi connectivity index (χ0) is 7.26. The number of anilines is 1. The van der Waals surface area contributed by atoms with E-state index in [0.717, 1.165) is 30.4 Å². The molecule has 0 aromatic carbocycles. The van der Waals surface area contributed by atoms with E-state index in [9.17, 15) is 0 Å². The minimum absolute atomic E-state index is 0.870. The van der Waals surface area contributed by atoms with Crippen molar-refractivity contribution in [2.24, 2.45) is 4.99 Å². The van der Waals surface area contributed by atoms with E-state index in [1.54, 1.807) is 12.4 Å². The summed E-state index contributed by atoms with van der Waals surface area (Å²) in [6, 6.07) is 0. The van der Waals surface area contributed by atoms with Crippen LogP contribution in [0.3, 0.4) is 0 Å². The predicted octanol–water partition coefficient (Wildman–Crippen LogP) is 0.0568. The van der Waals surface area contributed by atoms with Gasteiger partial charge in [-0.15, -0.1) is 0 Å². The van der Waals surface area contributed by atoms with Gasteiger partial charge in [0.15, 0.2) is 11.7 Å². The number of rotatable bonds is 0. The van der Waals surface area contributed by atoms with Crippen molar-refractivity contribution in [3.05, 3.63) is 18.1 Å². The first kappa shape index (κ1) is 5.23. The van der Waals surface area contributed by atoms with Gasteiger partial charge in [-0.05, 0) is 0 Å². The van der Waals surface area contributed by atoms with Crippen LogP contribution in [0.25, 0.3) is 0 Å². The van der Waals surface area contributed by atoms with Crippen LogP contribution in [0.5, 0.6) is 0 Å². The van der Waals surface area contributed by atoms with Crippen LogP contribution in [0.4, 0.5) is 5.82 Å². The van der Waals surface area contributed by atoms with Crippen molar-refractivity contribution in [3.63, 3.8) is 0 Å². The average molecular weight is 146 g/mol. The molecule has 3 aliphatic heterocycles. The first-order valence-electron chi connectivity index (χ1n) is 3.59. The molecular formula is C7H6N4. The lowest BCUT2D eigenvalue weighted by molar-refractivity contribution is 0.969. The number of aliphatic imine (C=N–C) groups is 1. The number of nitrogens with zero attached hydrogens (tertiary/aromatic N) is 4. The first-order valence-corrected chi connectivity index (χ1v) is 3.59. The molecule has 4 rings (SSSR count). The Hall–Kier alpha value is -1.45. The summed E-state index contributed by atoms with van der Waals surface area (Å²) >= 11 is 0. The molecule has 0 unspecified atom stereocenters. The van der Waals surface area contributed by atoms with Gasteiger partial charge in [-0.2, -0.15) is 0 Å². The minimum Gasteiger partial charge on any atom is -0.306 e. The normalized spacial score (nSPS) is 18.5. The molecule has 0 N–H and O–H groups in total. The molecule has 0 amide bonds. The van der Waals surface area contributed by atoms with Gasteiger partial charge in [0.05, 0.1) is 18.9 Å². The fraction of sp³-hybridized carbons (Fsp3) is 0.286. The van der Waals surface area contributed by atoms with Crippen molar-refractivity contribution in [2.45, 2.75) is 0 Å². The molecule has 1 aromatic rings. The number of hydrogen-bond donors (Lipinski definition) is 0. The Bertz CT molecular complexity index is 327. The molecule has 0 atom stereocenters. The average Bonchev–Trinajstić information content (AvgIpc) is 2.55. The summed E-state index contributed by atoms with van der Waals surface area (Å²) in [5.41, 5.74) is 0.900. The molecule has 0 spiro atoms. The van der Waals surface area contributed by atoms with Gasteiger partial charge in [0.25, 0.3) is 0 Å². The van der Waals surface area contributed by atoms with Crippen molar-refractivity contribution in [1.82, 2.24) is 9.97 Å². The lowest BCUT2D eigenvalue weighted by atomic mass is 10.3. The Labute approximate surface area is 63.6 Å². The van der Waals surface area contributed by atoms with Gasteiger partial charge >= 0.3 is 0 Å². The van der Waals surface area contributed by atoms with Gasteiger partial charge < -0.3 is 4.90 Å². The monoisotopic (exact) mass is 146 g/mol. The fourth-order valence-electron chi connectivity index (χ4n) is 1.47. The summed E-state index contributed by atoms with van der Waals surface area (Å²) in [6.45, 7) is 1.83. The second-order valence-electron chi connectivity index (χ2n) is 2.62. The highest BCUT2D eigenvalue weighted by Gasteiger charge is 2.26. The maximum Gasteiger partial charge on any atom is 0.157 e. The first-order chi connectivity index (χ1) is 5.45. The van der Waals surface area contributed by atoms with Crippen LogP contribution in [0.2, 0.25) is 0 Å². The van der Waals surface area contributed by atoms with Crippen LogP contribution in [-0.2, 0) is 0 Å². The molecule has 0 saturated heterocycles. The summed E-state index contributed by atoms with van der Waals surface area (Å²) in [7, 11) is 0. The van der Waals surface area contributed by atoms with E-state index >= 15 is 0 Å². The summed E-state index contributed by atoms with van der Waals surface area (Å²) in [6.07, 6.45) is 3.57. The van der Waals surface area contributed by atoms with Gasteiger partial charge in [0, 0.05) is 6.54 Å². The lowest BCUT2D eigenvalue weighted by Crippen LogP contribution is -2.33. The second kappa shape index (κ2) is 1.58. The van der Waals surface area contributed by atoms with Crippen molar-refractivity contribution in [2.75, 3.05) is 18.0 Å². The Balaban J connectivity index is 2.33. The molecule has 2 bridgehead atoms. The highest BCUT2D eigenvalue weighted by molar-refractivity contribution is 6.10. The third-order valence-electron chi connectivity index (χ3n) is 1.98. The smallest absolute Gasteiger partial charge is 0.157 e. The fourth-order valence-corrected chi connectivity index (χ4v) is 1.47. The number of fused-ring (bicyclic) bond motifs is 2. The van der Waals surface area contributed by atoms with Crippen molar-refractivity contribution >= 4 is 11.7 Å². The lowest BCUT2D eigenvalue weighted by Gasteiger charge is -2.22. The van der Waals surface area contributed by atoms with Gasteiger partial charge in [-0.1, -0.05) is 0 Å². The van der Waals surface area contributed by atoms with Crippen molar-refractivity contribution < 1.29 is 0 Å². The maximum atomic E-state index is 4.32. The number of aromatic nitrogens is 2. The zero-order valence-corrected chi connectivity index (χ0v) is 5.86. The van der Waals surface area contributed by atoms with Crippen LogP contribution >= 0.6 is 0 Å². The van der Waals surface area contributed by atoms with Gasteiger partial charge in [-0.25, -0.2) is 9.97 Å². The molecule has 0 saturated carbocycles. The van der Waals surface area contributed by atoms with Crippen molar-refractivity contribution in [1.29, 1.82) is 0 Å². The minimum atomic E-state index is 0.870. The standard InChI is InChI=1S/C7H6N4/c1-2-11-6-4-9-5(3-10-6)7(11)8-1/h3-4H,1-2H2. The van der Waals surface area contributed by atoms with Crippen LogP contribution in [0.15, 0.2) is 17.4 Å². The third-order valence-corrected chi connectivity index (χ3v) is 1.98. The van der Waals surface area contributed by atoms with E-state index in [1.165, 1.54) is 0 Å². The molecular weight excluding hydrogens is 140 g/mol. The Morgan fingerprint density at radius 2 is 2.27 bits per heavy atom. The van der Waals surface area contributed by atoms with Crippen LogP contribution in [-0.4, -0.2) is 28.9 Å². The van der Waals surface area contributed by atoms with E-state index in [0.29, 0.717) is 0 Å². The summed E-state index contributed by atoms with van der Waals surface area (Å²) in [5, 5.41) is 0. The second-order valence-corrected chi connectivity index (χ2v) is 2.62. The number of hydrogen-bond acceptors (Lipinski definition) is 4. The van der Waals surface area contributed by atoms with Crippen LogP contribution in [0.1, 0.15) is 5.69 Å². The molecule has 3 aliphatic rings. The van der Waals surface area contributed by atoms with Gasteiger partial charge in [0.1, 0.15) is 5.69 Å². The maximum absolute atomic E-state index is 4.32. The molecule has 54 valence electrons. The molecule has 1 aromatic heterocycles. The highest BCUT2D eigenvalue weighted by Crippen LogP contribution is 2.21. The molecule has 4 heteroatoms. The van der Waals surface area contributed by atoms with Crippen LogP contribution in [0, 0.1) is 0 Å². The van der Waals surface area contributed by atoms with E-state index in [-0.39, 0.29) is 0 Å². The van der Waals surface area contributed by atoms with Gasteiger partial charge in [-0.3, -0.25) is 4.99 Å². The Morgan fingerprint density at radius 3 is 3.00 bits per heavy atom. The molecule has 4 heterocycles. The molecule has 0 radical (unpaired) electrons. The summed E-state index contributed by atoms with van der Waals surface area (Å²) in [4.78, 5) is 14.8. The molecule has 11 heavy (non-hydrogen) atoms. The summed E-state index contributed by atoms with van der Waals surface area (Å²) < 4.78 is 0. The molecule has 4 nitrogen and oxygen atoms in total. The molecule has 0 fully saturated rings. The largest absolute Gasteiger partial charge is 0.306 e. The van der Waals surface area contributed by atoms with Gasteiger partial charge in [0.2, 0.25) is 0 Å².